The first kappa shape index (κ1) is 36.0. The first-order chi connectivity index (χ1) is 25.8. The number of thioether (sulfide) groups is 1. The number of aliphatic hydroxyl groups is 1. The summed E-state index contributed by atoms with van der Waals surface area (Å²) in [5.41, 5.74) is 8.26. The molecule has 0 radical (unpaired) electrons. The van der Waals surface area contributed by atoms with Crippen molar-refractivity contribution >= 4 is 40.3 Å². The van der Waals surface area contributed by atoms with Gasteiger partial charge in [-0.2, -0.15) is 0 Å². The van der Waals surface area contributed by atoms with Crippen molar-refractivity contribution in [1.82, 2.24) is 15.3 Å². The van der Waals surface area contributed by atoms with Crippen LogP contribution in [0.3, 0.4) is 0 Å². The molecule has 7 rings (SSSR count). The van der Waals surface area contributed by atoms with E-state index in [2.05, 4.69) is 45.7 Å². The van der Waals surface area contributed by atoms with E-state index in [1.54, 1.807) is 11.8 Å². The van der Waals surface area contributed by atoms with Gasteiger partial charge in [-0.15, -0.1) is 11.8 Å². The predicted octanol–water partition coefficient (Wildman–Crippen LogP) is 8.26. The molecule has 0 unspecified atom stereocenters. The van der Waals surface area contributed by atoms with Crippen molar-refractivity contribution in [3.05, 3.63) is 155 Å². The quantitative estimate of drug-likeness (QED) is 0.114. The second-order valence-corrected chi connectivity index (χ2v) is 14.2. The molecule has 9 nitrogen and oxygen atoms in total. The van der Waals surface area contributed by atoms with Gasteiger partial charge in [0, 0.05) is 41.3 Å². The highest BCUT2D eigenvalue weighted by Crippen LogP contribution is 2.43. The normalized spacial score (nSPS) is 18.4. The van der Waals surface area contributed by atoms with E-state index < -0.39 is 6.29 Å². The van der Waals surface area contributed by atoms with Crippen LogP contribution in [0.25, 0.3) is 22.2 Å². The van der Waals surface area contributed by atoms with E-state index in [0.717, 1.165) is 49.5 Å². The van der Waals surface area contributed by atoms with Crippen LogP contribution < -0.4 is 10.6 Å². The van der Waals surface area contributed by atoms with Crippen molar-refractivity contribution in [3.8, 4) is 11.1 Å². The zero-order valence-electron chi connectivity index (χ0n) is 29.4. The second-order valence-electron chi connectivity index (χ2n) is 13.1. The lowest BCUT2D eigenvalue weighted by Gasteiger charge is -2.41. The van der Waals surface area contributed by atoms with Crippen LogP contribution >= 0.6 is 11.8 Å². The Hall–Kier alpha value is -5.39. The summed E-state index contributed by atoms with van der Waals surface area (Å²) < 4.78 is 13.3. The standard InChI is InChI=1S/C43H40N4O5S/c1-27-40(26-53-36-20-18-35(19-21-36)46-28(2)49)51-43(52-41(27)32-12-10-29(25-48)11-13-32)33-16-14-31(15-17-33)34-7-5-6-30(22-34)23-45-42(50)39-24-44-37-8-3-4-9-38(37)47-39/h3-22,24,27,40-41,43,48H,23,25-26H2,1-2H3,(H,45,50)(H,46,49)/t27-,40+,41+,43+/m0/s1. The molecule has 3 N–H and O–H groups in total. The number of hydrogen-bond donors (Lipinski definition) is 3. The summed E-state index contributed by atoms with van der Waals surface area (Å²) in [5, 5.41) is 15.4. The Morgan fingerprint density at radius 3 is 2.26 bits per heavy atom. The van der Waals surface area contributed by atoms with Crippen LogP contribution in [0.5, 0.6) is 0 Å². The Morgan fingerprint density at radius 1 is 0.792 bits per heavy atom. The number of rotatable bonds is 11. The molecule has 1 saturated heterocycles. The van der Waals surface area contributed by atoms with Gasteiger partial charge in [-0.3, -0.25) is 14.6 Å². The largest absolute Gasteiger partial charge is 0.392 e. The van der Waals surface area contributed by atoms with Gasteiger partial charge in [0.2, 0.25) is 5.91 Å². The molecule has 2 amide bonds. The number of aromatic nitrogens is 2. The number of aliphatic hydroxyl groups excluding tert-OH is 1. The fourth-order valence-corrected chi connectivity index (χ4v) is 7.43. The van der Waals surface area contributed by atoms with Crippen molar-refractivity contribution in [2.24, 2.45) is 5.92 Å². The molecular formula is C43H40N4O5S. The molecule has 53 heavy (non-hydrogen) atoms. The molecule has 0 spiro atoms. The Bertz CT molecular complexity index is 2200. The number of hydrogen-bond acceptors (Lipinski definition) is 8. The number of anilines is 1. The predicted molar refractivity (Wildman–Crippen MR) is 207 cm³/mol. The van der Waals surface area contributed by atoms with Gasteiger partial charge >= 0.3 is 0 Å². The van der Waals surface area contributed by atoms with E-state index >= 15 is 0 Å². The third-order valence-corrected chi connectivity index (χ3v) is 10.4. The molecule has 0 bridgehead atoms. The number of ether oxygens (including phenoxy) is 2. The summed E-state index contributed by atoms with van der Waals surface area (Å²) in [6.07, 6.45) is 0.571. The summed E-state index contributed by atoms with van der Waals surface area (Å²) in [4.78, 5) is 34.2. The van der Waals surface area contributed by atoms with Gasteiger partial charge in [-0.05, 0) is 70.3 Å². The second kappa shape index (κ2) is 16.5. The van der Waals surface area contributed by atoms with Crippen molar-refractivity contribution in [3.63, 3.8) is 0 Å². The number of carbonyl (C=O) groups excluding carboxylic acids is 2. The molecule has 4 atom stereocenters. The number of nitrogens with one attached hydrogen (secondary N) is 2. The zero-order chi connectivity index (χ0) is 36.7. The maximum absolute atomic E-state index is 12.9. The first-order valence-corrected chi connectivity index (χ1v) is 18.5. The molecule has 0 saturated carbocycles. The minimum absolute atomic E-state index is 0.0164. The van der Waals surface area contributed by atoms with Gasteiger partial charge in [0.15, 0.2) is 6.29 Å². The van der Waals surface area contributed by atoms with E-state index in [1.165, 1.54) is 13.1 Å². The van der Waals surface area contributed by atoms with Gasteiger partial charge in [-0.25, -0.2) is 4.98 Å². The monoisotopic (exact) mass is 724 g/mol. The van der Waals surface area contributed by atoms with E-state index in [4.69, 9.17) is 9.47 Å². The highest BCUT2D eigenvalue weighted by molar-refractivity contribution is 7.99. The summed E-state index contributed by atoms with van der Waals surface area (Å²) >= 11 is 1.71. The van der Waals surface area contributed by atoms with Crippen molar-refractivity contribution in [2.45, 2.75) is 50.4 Å². The molecule has 0 aliphatic carbocycles. The van der Waals surface area contributed by atoms with Crippen molar-refractivity contribution < 1.29 is 24.2 Å². The molecular weight excluding hydrogens is 685 g/mol. The lowest BCUT2D eigenvalue weighted by molar-refractivity contribution is -0.268. The van der Waals surface area contributed by atoms with Crippen LogP contribution in [0.1, 0.15) is 59.0 Å². The highest BCUT2D eigenvalue weighted by Gasteiger charge is 2.38. The smallest absolute Gasteiger partial charge is 0.271 e. The maximum atomic E-state index is 12.9. The molecule has 2 heterocycles. The summed E-state index contributed by atoms with van der Waals surface area (Å²) in [6.45, 7) is 3.98. The Kier molecular flexibility index (Phi) is 11.2. The van der Waals surface area contributed by atoms with Crippen LogP contribution in [0.15, 0.2) is 132 Å². The average Bonchev–Trinajstić information content (AvgIpc) is 3.20. The SMILES string of the molecule is CC(=O)Nc1ccc(SC[C@H]2O[C@@H](c3ccc(-c4cccc(CNC(=O)c5cnc6ccccc6n5)c4)cc3)O[C@@H](c3ccc(CO)cc3)[C@H]2C)cc1. The van der Waals surface area contributed by atoms with Gasteiger partial charge in [0.25, 0.3) is 5.91 Å². The molecule has 1 fully saturated rings. The van der Waals surface area contributed by atoms with Gasteiger partial charge in [0.1, 0.15) is 5.69 Å². The number of carbonyl (C=O) groups is 2. The van der Waals surface area contributed by atoms with Gasteiger partial charge in [-0.1, -0.05) is 85.8 Å². The third kappa shape index (κ3) is 8.81. The molecule has 1 aliphatic rings. The number of amides is 2. The molecule has 1 aromatic heterocycles. The van der Waals surface area contributed by atoms with E-state index in [1.807, 2.05) is 103 Å². The van der Waals surface area contributed by atoms with Crippen molar-refractivity contribution in [1.29, 1.82) is 0 Å². The number of nitrogens with zero attached hydrogens (tertiary/aromatic N) is 2. The Balaban J connectivity index is 1.04. The summed E-state index contributed by atoms with van der Waals surface area (Å²) in [5.74, 6) is 0.378. The summed E-state index contributed by atoms with van der Waals surface area (Å²) in [7, 11) is 0. The minimum atomic E-state index is -0.588. The maximum Gasteiger partial charge on any atom is 0.271 e. The average molecular weight is 725 g/mol. The van der Waals surface area contributed by atoms with E-state index in [0.29, 0.717) is 17.8 Å². The van der Waals surface area contributed by atoms with Crippen LogP contribution in [0.4, 0.5) is 5.69 Å². The first-order valence-electron chi connectivity index (χ1n) is 17.5. The van der Waals surface area contributed by atoms with E-state index in [-0.39, 0.29) is 42.2 Å². The minimum Gasteiger partial charge on any atom is -0.392 e. The fraction of sp³-hybridized carbons (Fsp3) is 0.209. The molecule has 10 heteroatoms. The molecule has 5 aromatic carbocycles. The third-order valence-electron chi connectivity index (χ3n) is 9.29. The van der Waals surface area contributed by atoms with Crippen LogP contribution in [0.2, 0.25) is 0 Å². The lowest BCUT2D eigenvalue weighted by atomic mass is 9.91. The fourth-order valence-electron chi connectivity index (χ4n) is 6.36. The Labute approximate surface area is 312 Å². The topological polar surface area (TPSA) is 123 Å². The zero-order valence-corrected chi connectivity index (χ0v) is 30.3. The van der Waals surface area contributed by atoms with Gasteiger partial charge < -0.3 is 25.2 Å². The lowest BCUT2D eigenvalue weighted by Crippen LogP contribution is -2.38. The molecule has 6 aromatic rings. The van der Waals surface area contributed by atoms with Crippen LogP contribution in [-0.2, 0) is 27.4 Å². The Morgan fingerprint density at radius 2 is 1.53 bits per heavy atom. The number of fused-ring (bicyclic) bond motifs is 1. The number of benzene rings is 5. The van der Waals surface area contributed by atoms with Crippen molar-refractivity contribution in [2.75, 3.05) is 11.1 Å². The highest BCUT2D eigenvalue weighted by atomic mass is 32.2. The summed E-state index contributed by atoms with van der Waals surface area (Å²) in [6, 6.07) is 39.5. The van der Waals surface area contributed by atoms with E-state index in [9.17, 15) is 14.7 Å². The van der Waals surface area contributed by atoms with Crippen LogP contribution in [-0.4, -0.2) is 38.7 Å². The molecule has 1 aliphatic heterocycles. The van der Waals surface area contributed by atoms with Crippen LogP contribution in [0, 0.1) is 5.92 Å². The number of para-hydroxylation sites is 2. The van der Waals surface area contributed by atoms with Gasteiger partial charge in [0.05, 0.1) is 36.0 Å². The molecule has 268 valence electrons.